The number of hydrogen-bond donors (Lipinski definition) is 1. The van der Waals surface area contributed by atoms with Crippen LogP contribution in [0.1, 0.15) is 43.0 Å². The van der Waals surface area contributed by atoms with Crippen LogP contribution in [0.4, 0.5) is 10.5 Å². The molecule has 33 heavy (non-hydrogen) atoms. The van der Waals surface area contributed by atoms with Crippen LogP contribution >= 0.6 is 11.8 Å². The Morgan fingerprint density at radius 2 is 2.00 bits per heavy atom. The lowest BCUT2D eigenvalue weighted by Crippen LogP contribution is -2.43. The summed E-state index contributed by atoms with van der Waals surface area (Å²) in [5, 5.41) is 13.0. The molecule has 1 atom stereocenters. The van der Waals surface area contributed by atoms with Crippen molar-refractivity contribution >= 4 is 29.4 Å². The second-order valence-electron chi connectivity index (χ2n) is 8.67. The number of nitrogens with zero attached hydrogens (tertiary/aromatic N) is 3. The molecule has 1 N–H and O–H groups in total. The van der Waals surface area contributed by atoms with E-state index in [9.17, 15) is 14.9 Å². The lowest BCUT2D eigenvalue weighted by atomic mass is 9.87. The average molecular weight is 465 g/mol. The molecular weight excluding hydrogens is 436 g/mol. The van der Waals surface area contributed by atoms with Gasteiger partial charge in [0.25, 0.3) is 0 Å². The largest absolute Gasteiger partial charge is 0.462 e. The number of likely N-dealkylation sites (tertiary alicyclic amines) is 1. The molecule has 1 saturated heterocycles. The van der Waals surface area contributed by atoms with Crippen molar-refractivity contribution in [3.63, 3.8) is 0 Å². The van der Waals surface area contributed by atoms with Crippen LogP contribution in [-0.4, -0.2) is 46.8 Å². The third kappa shape index (κ3) is 6.05. The number of fused-ring (bicyclic) bond motifs is 1. The molecule has 0 spiro atoms. The number of hydrogen-bond acceptors (Lipinski definition) is 6. The summed E-state index contributed by atoms with van der Waals surface area (Å²) in [6.07, 6.45) is 3.98. The molecule has 0 saturated carbocycles. The minimum Gasteiger partial charge on any atom is -0.462 e. The number of carbonyl (C=O) groups is 2. The highest BCUT2D eigenvalue weighted by Gasteiger charge is 2.26. The van der Waals surface area contributed by atoms with E-state index in [4.69, 9.17) is 4.74 Å². The number of esters is 1. The Hall–Kier alpha value is -3.05. The Kier molecular flexibility index (Phi) is 7.50. The van der Waals surface area contributed by atoms with E-state index in [2.05, 4.69) is 23.3 Å². The van der Waals surface area contributed by atoms with Crippen molar-refractivity contribution in [2.24, 2.45) is 5.92 Å². The van der Waals surface area contributed by atoms with Gasteiger partial charge in [0.2, 0.25) is 0 Å². The first-order valence-corrected chi connectivity index (χ1v) is 12.4. The van der Waals surface area contributed by atoms with E-state index in [0.717, 1.165) is 36.2 Å². The van der Waals surface area contributed by atoms with E-state index >= 15 is 0 Å². The number of para-hydroxylation sites is 1. The number of nitrogens with one attached hydrogen (secondary N) is 1. The summed E-state index contributed by atoms with van der Waals surface area (Å²) in [5.74, 6) is 0.408. The van der Waals surface area contributed by atoms with Crippen LogP contribution in [0, 0.1) is 17.2 Å². The van der Waals surface area contributed by atoms with Crippen LogP contribution in [0.5, 0.6) is 0 Å². The van der Waals surface area contributed by atoms with Gasteiger partial charge in [0.1, 0.15) is 17.2 Å². The van der Waals surface area contributed by atoms with E-state index in [1.54, 1.807) is 4.90 Å². The third-order valence-electron chi connectivity index (χ3n) is 6.10. The lowest BCUT2D eigenvalue weighted by molar-refractivity contribution is -0.147. The number of anilines is 1. The molecular formula is C25H28N4O3S. The molecule has 1 unspecified atom stereocenters. The van der Waals surface area contributed by atoms with Gasteiger partial charge in [-0.2, -0.15) is 5.26 Å². The van der Waals surface area contributed by atoms with Gasteiger partial charge in [-0.15, -0.1) is 0 Å². The molecule has 1 aromatic heterocycles. The summed E-state index contributed by atoms with van der Waals surface area (Å²) < 4.78 is 5.63. The molecule has 172 valence electrons. The number of nitriles is 1. The van der Waals surface area contributed by atoms with Gasteiger partial charge in [-0.25, -0.2) is 9.78 Å². The summed E-state index contributed by atoms with van der Waals surface area (Å²) in [4.78, 5) is 31.3. The topological polar surface area (TPSA) is 95.3 Å². The molecule has 2 heterocycles. The molecule has 0 bridgehead atoms. The fourth-order valence-corrected chi connectivity index (χ4v) is 5.02. The molecule has 2 aliphatic rings. The minimum atomic E-state index is -0.316. The molecule has 8 heteroatoms. The maximum absolute atomic E-state index is 12.4. The van der Waals surface area contributed by atoms with Gasteiger partial charge in [-0.3, -0.25) is 4.79 Å². The number of urea groups is 1. The highest BCUT2D eigenvalue weighted by Crippen LogP contribution is 2.29. The quantitative estimate of drug-likeness (QED) is 0.520. The van der Waals surface area contributed by atoms with Crippen molar-refractivity contribution < 1.29 is 14.3 Å². The molecule has 2 amide bonds. The number of aryl methyl sites for hydroxylation is 1. The first kappa shape index (κ1) is 23.1. The molecule has 7 nitrogen and oxygen atoms in total. The fourth-order valence-electron chi connectivity index (χ4n) is 4.27. The van der Waals surface area contributed by atoms with Crippen LogP contribution in [0.3, 0.4) is 0 Å². The summed E-state index contributed by atoms with van der Waals surface area (Å²) in [6, 6.07) is 13.4. The van der Waals surface area contributed by atoms with Crippen LogP contribution < -0.4 is 5.32 Å². The van der Waals surface area contributed by atoms with Crippen LogP contribution in [0.15, 0.2) is 41.4 Å². The predicted octanol–water partition coefficient (Wildman–Crippen LogP) is 4.41. The van der Waals surface area contributed by atoms with Crippen molar-refractivity contribution in [1.82, 2.24) is 9.88 Å². The van der Waals surface area contributed by atoms with Crippen molar-refractivity contribution in [3.05, 3.63) is 53.2 Å². The number of thioether (sulfide) groups is 1. The zero-order valence-corrected chi connectivity index (χ0v) is 19.6. The Labute approximate surface area is 198 Å². The van der Waals surface area contributed by atoms with Gasteiger partial charge in [0.05, 0.1) is 11.3 Å². The van der Waals surface area contributed by atoms with E-state index < -0.39 is 0 Å². The van der Waals surface area contributed by atoms with E-state index in [-0.39, 0.29) is 23.9 Å². The van der Waals surface area contributed by atoms with Crippen LogP contribution in [-0.2, 0) is 22.4 Å². The van der Waals surface area contributed by atoms with Crippen LogP contribution in [0.2, 0.25) is 0 Å². The predicted molar refractivity (Wildman–Crippen MR) is 127 cm³/mol. The number of aromatic nitrogens is 1. The SMILES string of the molecule is CC1CCc2nc(SCC(=O)OC3CCN(C(=O)Nc4ccccc4)CC3)c(C#N)cc2C1. The maximum Gasteiger partial charge on any atom is 0.321 e. The van der Waals surface area contributed by atoms with Gasteiger partial charge in [0.15, 0.2) is 0 Å². The highest BCUT2D eigenvalue weighted by molar-refractivity contribution is 7.99. The summed E-state index contributed by atoms with van der Waals surface area (Å²) >= 11 is 1.27. The van der Waals surface area contributed by atoms with Gasteiger partial charge in [0, 0.05) is 37.3 Å². The number of carbonyl (C=O) groups excluding carboxylic acids is 2. The highest BCUT2D eigenvalue weighted by atomic mass is 32.2. The van der Waals surface area contributed by atoms with Crippen molar-refractivity contribution in [1.29, 1.82) is 5.26 Å². The second-order valence-corrected chi connectivity index (χ2v) is 9.63. The molecule has 2 aromatic rings. The van der Waals surface area contributed by atoms with E-state index in [0.29, 0.717) is 42.4 Å². The lowest BCUT2D eigenvalue weighted by Gasteiger charge is -2.31. The molecule has 1 aliphatic heterocycles. The Balaban J connectivity index is 1.24. The molecule has 1 aromatic carbocycles. The monoisotopic (exact) mass is 464 g/mol. The number of rotatable bonds is 5. The van der Waals surface area contributed by atoms with Crippen molar-refractivity contribution in [2.45, 2.75) is 50.2 Å². The van der Waals surface area contributed by atoms with Crippen molar-refractivity contribution in [3.8, 4) is 6.07 Å². The summed E-state index contributed by atoms with van der Waals surface area (Å²) in [7, 11) is 0. The summed E-state index contributed by atoms with van der Waals surface area (Å²) in [6.45, 7) is 3.29. The number of benzene rings is 1. The number of ether oxygens (including phenoxy) is 1. The number of amides is 2. The van der Waals surface area contributed by atoms with Crippen LogP contribution in [0.25, 0.3) is 0 Å². The fraction of sp³-hybridized carbons (Fsp3) is 0.440. The number of piperidine rings is 1. The molecule has 0 radical (unpaired) electrons. The average Bonchev–Trinajstić information content (AvgIpc) is 2.83. The van der Waals surface area contributed by atoms with E-state index in [1.807, 2.05) is 36.4 Å². The summed E-state index contributed by atoms with van der Waals surface area (Å²) in [5.41, 5.74) is 3.48. The van der Waals surface area contributed by atoms with Gasteiger partial charge >= 0.3 is 12.0 Å². The normalized spacial score (nSPS) is 18.2. The standard InChI is InChI=1S/C25H28N4O3S/c1-17-7-8-22-18(13-17)14-19(15-26)24(28-22)33-16-23(30)32-21-9-11-29(12-10-21)25(31)27-20-5-3-2-4-6-20/h2-6,14,17,21H,7-13,16H2,1H3,(H,27,31). The van der Waals surface area contributed by atoms with E-state index in [1.165, 1.54) is 11.8 Å². The van der Waals surface area contributed by atoms with Gasteiger partial charge in [-0.05, 0) is 48.9 Å². The second kappa shape index (κ2) is 10.7. The molecule has 1 fully saturated rings. The third-order valence-corrected chi connectivity index (χ3v) is 7.06. The smallest absolute Gasteiger partial charge is 0.321 e. The van der Waals surface area contributed by atoms with Gasteiger partial charge < -0.3 is 15.0 Å². The van der Waals surface area contributed by atoms with Gasteiger partial charge in [-0.1, -0.05) is 36.9 Å². The molecule has 1 aliphatic carbocycles. The maximum atomic E-state index is 12.4. The first-order valence-electron chi connectivity index (χ1n) is 11.4. The minimum absolute atomic E-state index is 0.117. The Bertz CT molecular complexity index is 1050. The first-order chi connectivity index (χ1) is 16.0. The molecule has 4 rings (SSSR count). The Morgan fingerprint density at radius 1 is 1.24 bits per heavy atom. The zero-order valence-electron chi connectivity index (χ0n) is 18.8. The number of pyridine rings is 1. The van der Waals surface area contributed by atoms with Crippen molar-refractivity contribution in [2.75, 3.05) is 24.2 Å². The zero-order chi connectivity index (χ0) is 23.2. The Morgan fingerprint density at radius 3 is 2.73 bits per heavy atom.